The van der Waals surface area contributed by atoms with Crippen LogP contribution in [-0.2, 0) is 19.1 Å². The Morgan fingerprint density at radius 3 is 1.73 bits per heavy atom. The fourth-order valence-corrected chi connectivity index (χ4v) is 4.11. The second-order valence-corrected chi connectivity index (χ2v) is 9.68. The van der Waals surface area contributed by atoms with Crippen LogP contribution in [0.25, 0.3) is 0 Å². The molecule has 0 aliphatic carbocycles. The molecule has 33 heavy (non-hydrogen) atoms. The van der Waals surface area contributed by atoms with Gasteiger partial charge in [-0.1, -0.05) is 40.5 Å². The SMILES string of the molecule is CC.CC(C)OCC(=O)N1CCC(CCC2CCN(CC(=O)C(C)C)CC2)CC1.CCOC. The van der Waals surface area contributed by atoms with E-state index in [1.54, 1.807) is 7.11 Å². The van der Waals surface area contributed by atoms with Crippen molar-refractivity contribution >= 4 is 11.7 Å². The van der Waals surface area contributed by atoms with E-state index >= 15 is 0 Å². The topological polar surface area (TPSA) is 59.1 Å². The summed E-state index contributed by atoms with van der Waals surface area (Å²) in [5, 5.41) is 0. The highest BCUT2D eigenvalue weighted by molar-refractivity contribution is 5.82. The molecule has 1 amide bonds. The summed E-state index contributed by atoms with van der Waals surface area (Å²) in [6.07, 6.45) is 7.44. The second-order valence-electron chi connectivity index (χ2n) is 9.68. The number of amides is 1. The zero-order valence-corrected chi connectivity index (χ0v) is 23.0. The molecule has 0 N–H and O–H groups in total. The number of carbonyl (C=O) groups excluding carboxylic acids is 2. The molecule has 0 aromatic heterocycles. The maximum Gasteiger partial charge on any atom is 0.248 e. The number of nitrogens with zero attached hydrogens (tertiary/aromatic N) is 2. The third-order valence-corrected chi connectivity index (χ3v) is 6.51. The van der Waals surface area contributed by atoms with Gasteiger partial charge in [-0.25, -0.2) is 0 Å². The number of hydrogen-bond donors (Lipinski definition) is 0. The van der Waals surface area contributed by atoms with E-state index in [4.69, 9.17) is 4.74 Å². The van der Waals surface area contributed by atoms with Crippen molar-refractivity contribution in [1.29, 1.82) is 0 Å². The van der Waals surface area contributed by atoms with E-state index in [9.17, 15) is 9.59 Å². The van der Waals surface area contributed by atoms with Gasteiger partial charge >= 0.3 is 0 Å². The van der Waals surface area contributed by atoms with Crippen molar-refractivity contribution in [1.82, 2.24) is 9.80 Å². The van der Waals surface area contributed by atoms with Gasteiger partial charge in [0.1, 0.15) is 12.4 Å². The molecule has 0 atom stereocenters. The minimum atomic E-state index is 0.112. The van der Waals surface area contributed by atoms with Gasteiger partial charge in [0.15, 0.2) is 0 Å². The van der Waals surface area contributed by atoms with Crippen molar-refractivity contribution in [2.24, 2.45) is 17.8 Å². The van der Waals surface area contributed by atoms with Crippen LogP contribution in [0.15, 0.2) is 0 Å². The van der Waals surface area contributed by atoms with Crippen LogP contribution in [-0.4, -0.2) is 80.6 Å². The molecule has 2 fully saturated rings. The van der Waals surface area contributed by atoms with Crippen LogP contribution in [0, 0.1) is 17.8 Å². The number of likely N-dealkylation sites (tertiary alicyclic amines) is 2. The zero-order valence-electron chi connectivity index (χ0n) is 23.0. The van der Waals surface area contributed by atoms with E-state index in [-0.39, 0.29) is 24.5 Å². The number of ether oxygens (including phenoxy) is 2. The first kappa shape index (κ1) is 32.0. The number of Topliss-reactive ketones (excluding diaryl/α,β-unsaturated/α-hetero) is 1. The summed E-state index contributed by atoms with van der Waals surface area (Å²) in [6, 6.07) is 0. The molecule has 0 aromatic carbocycles. The molecule has 0 aromatic rings. The van der Waals surface area contributed by atoms with Crippen molar-refractivity contribution < 1.29 is 19.1 Å². The van der Waals surface area contributed by atoms with Gasteiger partial charge in [0.2, 0.25) is 5.91 Å². The van der Waals surface area contributed by atoms with Gasteiger partial charge in [0.25, 0.3) is 0 Å². The highest BCUT2D eigenvalue weighted by Gasteiger charge is 2.25. The highest BCUT2D eigenvalue weighted by Crippen LogP contribution is 2.28. The number of rotatable bonds is 10. The zero-order chi connectivity index (χ0) is 25.2. The predicted molar refractivity (Wildman–Crippen MR) is 138 cm³/mol. The molecule has 2 rings (SSSR count). The molecule has 0 spiro atoms. The molecule has 2 saturated heterocycles. The number of ketones is 1. The monoisotopic (exact) mass is 470 g/mol. The Hall–Kier alpha value is -0.980. The van der Waals surface area contributed by atoms with Crippen molar-refractivity contribution in [3.05, 3.63) is 0 Å². The number of hydrogen-bond acceptors (Lipinski definition) is 5. The van der Waals surface area contributed by atoms with Crippen LogP contribution in [0.4, 0.5) is 0 Å². The summed E-state index contributed by atoms with van der Waals surface area (Å²) in [6.45, 7) is 19.5. The summed E-state index contributed by atoms with van der Waals surface area (Å²) >= 11 is 0. The van der Waals surface area contributed by atoms with Crippen molar-refractivity contribution in [3.8, 4) is 0 Å². The molecule has 2 aliphatic rings. The standard InChI is InChI=1S/C22H40N2O3.C3H8O.C2H6/c1-17(2)21(25)15-23-11-7-19(8-12-23)5-6-20-9-13-24(14-10-20)22(26)16-27-18(3)4;1-3-4-2;1-2/h17-20H,5-16H2,1-4H3;3H2,1-2H3;1-2H3. The van der Waals surface area contributed by atoms with Gasteiger partial charge < -0.3 is 14.4 Å². The fourth-order valence-electron chi connectivity index (χ4n) is 4.11. The number of methoxy groups -OCH3 is 1. The molecular formula is C27H54N2O4. The maximum atomic E-state index is 12.1. The molecule has 0 saturated carbocycles. The van der Waals surface area contributed by atoms with Gasteiger partial charge in [-0.3, -0.25) is 14.5 Å². The van der Waals surface area contributed by atoms with E-state index in [0.29, 0.717) is 12.3 Å². The van der Waals surface area contributed by atoms with Crippen LogP contribution in [0.1, 0.15) is 87.0 Å². The smallest absolute Gasteiger partial charge is 0.248 e. The Morgan fingerprint density at radius 1 is 0.879 bits per heavy atom. The van der Waals surface area contributed by atoms with Gasteiger partial charge in [-0.15, -0.1) is 0 Å². The van der Waals surface area contributed by atoms with Crippen LogP contribution < -0.4 is 0 Å². The summed E-state index contributed by atoms with van der Waals surface area (Å²) in [5.41, 5.74) is 0. The molecule has 6 nitrogen and oxygen atoms in total. The third-order valence-electron chi connectivity index (χ3n) is 6.51. The van der Waals surface area contributed by atoms with Crippen LogP contribution in [0.2, 0.25) is 0 Å². The van der Waals surface area contributed by atoms with Crippen LogP contribution in [0.5, 0.6) is 0 Å². The van der Waals surface area contributed by atoms with E-state index in [2.05, 4.69) is 9.64 Å². The Balaban J connectivity index is 0.00000154. The minimum Gasteiger partial charge on any atom is -0.385 e. The second kappa shape index (κ2) is 19.3. The first-order chi connectivity index (χ1) is 15.8. The minimum absolute atomic E-state index is 0.112. The van der Waals surface area contributed by atoms with Gasteiger partial charge in [-0.2, -0.15) is 0 Å². The van der Waals surface area contributed by atoms with Gasteiger partial charge in [0, 0.05) is 32.7 Å². The van der Waals surface area contributed by atoms with Crippen molar-refractivity contribution in [2.45, 2.75) is 93.1 Å². The third kappa shape index (κ3) is 14.8. The predicted octanol–water partition coefficient (Wildman–Crippen LogP) is 5.05. The molecule has 196 valence electrons. The Kier molecular flexibility index (Phi) is 18.8. The molecule has 6 heteroatoms. The lowest BCUT2D eigenvalue weighted by Crippen LogP contribution is -2.41. The highest BCUT2D eigenvalue weighted by atomic mass is 16.5. The molecule has 0 unspecified atom stereocenters. The molecular weight excluding hydrogens is 416 g/mol. The average molecular weight is 471 g/mol. The number of piperidine rings is 2. The Bertz CT molecular complexity index is 492. The fraction of sp³-hybridized carbons (Fsp3) is 0.926. The average Bonchev–Trinajstić information content (AvgIpc) is 2.83. The lowest BCUT2D eigenvalue weighted by atomic mass is 9.85. The summed E-state index contributed by atoms with van der Waals surface area (Å²) in [7, 11) is 1.68. The quantitative estimate of drug-likeness (QED) is 0.447. The molecule has 2 heterocycles. The summed E-state index contributed by atoms with van der Waals surface area (Å²) in [4.78, 5) is 28.3. The number of carbonyl (C=O) groups is 2. The first-order valence-electron chi connectivity index (χ1n) is 13.4. The normalized spacial score (nSPS) is 17.9. The molecule has 2 aliphatic heterocycles. The molecule has 0 bridgehead atoms. The molecule has 0 radical (unpaired) electrons. The maximum absolute atomic E-state index is 12.1. The lowest BCUT2D eigenvalue weighted by molar-refractivity contribution is -0.139. The Labute approximate surface area is 204 Å². The first-order valence-corrected chi connectivity index (χ1v) is 13.4. The van der Waals surface area contributed by atoms with E-state index < -0.39 is 0 Å². The summed E-state index contributed by atoms with van der Waals surface area (Å²) in [5.74, 6) is 2.24. The lowest BCUT2D eigenvalue weighted by Gasteiger charge is -2.35. The van der Waals surface area contributed by atoms with Gasteiger partial charge in [-0.05, 0) is 71.4 Å². The van der Waals surface area contributed by atoms with E-state index in [1.807, 2.05) is 53.4 Å². The van der Waals surface area contributed by atoms with E-state index in [1.165, 1.54) is 25.7 Å². The van der Waals surface area contributed by atoms with E-state index in [0.717, 1.165) is 57.5 Å². The van der Waals surface area contributed by atoms with Crippen LogP contribution in [0.3, 0.4) is 0 Å². The van der Waals surface area contributed by atoms with Gasteiger partial charge in [0.05, 0.1) is 12.6 Å². The van der Waals surface area contributed by atoms with Crippen molar-refractivity contribution in [3.63, 3.8) is 0 Å². The Morgan fingerprint density at radius 2 is 1.33 bits per heavy atom. The van der Waals surface area contributed by atoms with Crippen LogP contribution >= 0.6 is 0 Å². The largest absolute Gasteiger partial charge is 0.385 e. The van der Waals surface area contributed by atoms with Crippen molar-refractivity contribution in [2.75, 3.05) is 53.0 Å². The summed E-state index contributed by atoms with van der Waals surface area (Å²) < 4.78 is 9.98.